The second-order valence-corrected chi connectivity index (χ2v) is 11.6. The highest BCUT2D eigenvalue weighted by Crippen LogP contribution is 2.36. The third kappa shape index (κ3) is 4.37. The summed E-state index contributed by atoms with van der Waals surface area (Å²) in [7, 11) is -7.43. The summed E-state index contributed by atoms with van der Waals surface area (Å²) in [4.78, 5) is 1.21. The van der Waals surface area contributed by atoms with Crippen LogP contribution in [0.5, 0.6) is 0 Å². The van der Waals surface area contributed by atoms with Crippen molar-refractivity contribution in [3.05, 3.63) is 54.1 Å². The molecule has 0 bridgehead atoms. The van der Waals surface area contributed by atoms with Gasteiger partial charge in [-0.3, -0.25) is 0 Å². The van der Waals surface area contributed by atoms with Gasteiger partial charge in [0.2, 0.25) is 20.0 Å². The van der Waals surface area contributed by atoms with Crippen molar-refractivity contribution in [2.45, 2.75) is 27.1 Å². The van der Waals surface area contributed by atoms with Crippen molar-refractivity contribution in [2.75, 3.05) is 32.1 Å². The number of nitrogens with zero attached hydrogens (tertiary/aromatic N) is 1. The Morgan fingerprint density at radius 1 is 0.931 bits per heavy atom. The van der Waals surface area contributed by atoms with Crippen LogP contribution in [-0.4, -0.2) is 53.2 Å². The highest BCUT2D eigenvalue weighted by Gasteiger charge is 2.28. The average Bonchev–Trinajstić information content (AvgIpc) is 2.74. The van der Waals surface area contributed by atoms with Gasteiger partial charge in [0.25, 0.3) is 0 Å². The van der Waals surface area contributed by atoms with Crippen molar-refractivity contribution < 1.29 is 21.6 Å². The molecule has 4 rings (SSSR count). The maximum Gasteiger partial charge on any atom is 0.243 e. The highest BCUT2D eigenvalue weighted by atomic mass is 32.2. The molecule has 1 N–H and O–H groups in total. The molecular weight excluding hydrogens is 432 g/mol. The summed E-state index contributed by atoms with van der Waals surface area (Å²) in [6, 6.07) is 12.9. The number of morpholine rings is 1. The van der Waals surface area contributed by atoms with Crippen molar-refractivity contribution >= 4 is 31.8 Å². The molecule has 1 atom stereocenters. The van der Waals surface area contributed by atoms with Gasteiger partial charge in [-0.2, -0.15) is 4.31 Å². The fourth-order valence-corrected chi connectivity index (χ4v) is 7.23. The molecule has 29 heavy (non-hydrogen) atoms. The van der Waals surface area contributed by atoms with Crippen LogP contribution < -0.4 is 4.72 Å². The van der Waals surface area contributed by atoms with E-state index in [9.17, 15) is 16.8 Å². The Morgan fingerprint density at radius 2 is 1.59 bits per heavy atom. The van der Waals surface area contributed by atoms with Crippen molar-refractivity contribution in [1.82, 2.24) is 9.03 Å². The number of sulfonamides is 2. The quantitative estimate of drug-likeness (QED) is 0.745. The summed E-state index contributed by atoms with van der Waals surface area (Å²) in [5.41, 5.74) is 0.971. The van der Waals surface area contributed by atoms with Gasteiger partial charge in [0.05, 0.1) is 23.0 Å². The standard InChI is InChI=1S/C19H22N2O5S3/c22-28(23,20-18-9-14-27-19-4-2-1-3-17(18)19)15-5-7-16(8-6-15)29(24,25)21-10-12-26-13-11-21/h1-8,18,20H,9-14H2/t18-/m0/s1. The third-order valence-corrected chi connectivity index (χ3v) is 9.52. The van der Waals surface area contributed by atoms with Crippen LogP contribution in [0.25, 0.3) is 0 Å². The van der Waals surface area contributed by atoms with Crippen LogP contribution in [0.1, 0.15) is 18.0 Å². The van der Waals surface area contributed by atoms with Crippen LogP contribution in [0.2, 0.25) is 0 Å². The number of ether oxygens (including phenoxy) is 1. The topological polar surface area (TPSA) is 92.8 Å². The molecule has 0 saturated carbocycles. The molecule has 7 nitrogen and oxygen atoms in total. The van der Waals surface area contributed by atoms with Gasteiger partial charge in [-0.15, -0.1) is 11.8 Å². The number of nitrogens with one attached hydrogen (secondary N) is 1. The molecule has 0 aromatic heterocycles. The number of fused-ring (bicyclic) bond motifs is 1. The normalized spacial score (nSPS) is 20.9. The maximum atomic E-state index is 12.9. The summed E-state index contributed by atoms with van der Waals surface area (Å²) in [6.07, 6.45) is 0.699. The van der Waals surface area contributed by atoms with E-state index in [0.29, 0.717) is 32.7 Å². The molecule has 2 aliphatic rings. The Morgan fingerprint density at radius 3 is 2.31 bits per heavy atom. The molecule has 0 amide bonds. The Bertz CT molecular complexity index is 1080. The van der Waals surface area contributed by atoms with E-state index < -0.39 is 20.0 Å². The lowest BCUT2D eigenvalue weighted by Gasteiger charge is -2.26. The molecule has 1 fully saturated rings. The van der Waals surface area contributed by atoms with Crippen molar-refractivity contribution in [1.29, 1.82) is 0 Å². The molecule has 2 heterocycles. The van der Waals surface area contributed by atoms with E-state index in [1.54, 1.807) is 11.8 Å². The number of benzene rings is 2. The van der Waals surface area contributed by atoms with E-state index in [-0.39, 0.29) is 15.8 Å². The van der Waals surface area contributed by atoms with Crippen molar-refractivity contribution in [3.8, 4) is 0 Å². The molecule has 0 aliphatic carbocycles. The zero-order valence-corrected chi connectivity index (χ0v) is 18.1. The molecular formula is C19H22N2O5S3. The van der Waals surface area contributed by atoms with Gasteiger partial charge in [0, 0.05) is 24.0 Å². The van der Waals surface area contributed by atoms with E-state index >= 15 is 0 Å². The molecule has 10 heteroatoms. The monoisotopic (exact) mass is 454 g/mol. The molecule has 0 spiro atoms. The first kappa shape index (κ1) is 20.8. The molecule has 2 aromatic carbocycles. The number of rotatable bonds is 5. The third-order valence-electron chi connectivity index (χ3n) is 5.00. The molecule has 1 saturated heterocycles. The Hall–Kier alpha value is -1.43. The van der Waals surface area contributed by atoms with E-state index in [4.69, 9.17) is 4.74 Å². The summed E-state index contributed by atoms with van der Waals surface area (Å²) >= 11 is 1.72. The van der Waals surface area contributed by atoms with Crippen molar-refractivity contribution in [3.63, 3.8) is 0 Å². The maximum absolute atomic E-state index is 12.9. The van der Waals surface area contributed by atoms with Gasteiger partial charge in [-0.1, -0.05) is 18.2 Å². The Labute approximate surface area is 175 Å². The summed E-state index contributed by atoms with van der Waals surface area (Å²) in [5, 5.41) is 0. The van der Waals surface area contributed by atoms with Gasteiger partial charge >= 0.3 is 0 Å². The van der Waals surface area contributed by atoms with Gasteiger partial charge < -0.3 is 4.74 Å². The lowest BCUT2D eigenvalue weighted by molar-refractivity contribution is 0.0730. The Kier molecular flexibility index (Phi) is 6.01. The zero-order valence-electron chi connectivity index (χ0n) is 15.7. The van der Waals surface area contributed by atoms with Crippen LogP contribution in [0, 0.1) is 0 Å². The second kappa shape index (κ2) is 8.37. The largest absolute Gasteiger partial charge is 0.379 e. The SMILES string of the molecule is O=S(=O)(N[C@H]1CCSc2ccccc21)c1ccc(S(=O)(=O)N2CCOCC2)cc1. The number of hydrogen-bond acceptors (Lipinski definition) is 6. The van der Waals surface area contributed by atoms with E-state index in [2.05, 4.69) is 4.72 Å². The summed E-state index contributed by atoms with van der Waals surface area (Å²) in [5.74, 6) is 0.834. The minimum atomic E-state index is -3.78. The van der Waals surface area contributed by atoms with Gasteiger partial charge in [0.1, 0.15) is 0 Å². The fraction of sp³-hybridized carbons (Fsp3) is 0.368. The number of hydrogen-bond donors (Lipinski definition) is 1. The van der Waals surface area contributed by atoms with Crippen LogP contribution in [0.3, 0.4) is 0 Å². The van der Waals surface area contributed by atoms with Gasteiger partial charge in [-0.25, -0.2) is 21.6 Å². The minimum absolute atomic E-state index is 0.0501. The van der Waals surface area contributed by atoms with E-state index in [1.807, 2.05) is 24.3 Å². The van der Waals surface area contributed by atoms with E-state index in [0.717, 1.165) is 16.2 Å². The number of thioether (sulfide) groups is 1. The second-order valence-electron chi connectivity index (χ2n) is 6.84. The Balaban J connectivity index is 1.54. The van der Waals surface area contributed by atoms with Crippen LogP contribution in [0.15, 0.2) is 63.2 Å². The summed E-state index contributed by atoms with van der Waals surface area (Å²) < 4.78 is 60.5. The minimum Gasteiger partial charge on any atom is -0.379 e. The predicted octanol–water partition coefficient (Wildman–Crippen LogP) is 2.22. The first-order valence-corrected chi connectivity index (χ1v) is 13.2. The first-order chi connectivity index (χ1) is 13.9. The average molecular weight is 455 g/mol. The fourth-order valence-electron chi connectivity index (χ4n) is 3.45. The van der Waals surface area contributed by atoms with Crippen LogP contribution in [-0.2, 0) is 24.8 Å². The van der Waals surface area contributed by atoms with Gasteiger partial charge in [0.15, 0.2) is 0 Å². The first-order valence-electron chi connectivity index (χ1n) is 9.30. The molecule has 156 valence electrons. The molecule has 2 aromatic rings. The highest BCUT2D eigenvalue weighted by molar-refractivity contribution is 7.99. The predicted molar refractivity (Wildman–Crippen MR) is 111 cm³/mol. The van der Waals surface area contributed by atoms with E-state index in [1.165, 1.54) is 28.6 Å². The summed E-state index contributed by atoms with van der Waals surface area (Å²) in [6.45, 7) is 1.31. The smallest absolute Gasteiger partial charge is 0.243 e. The lowest BCUT2D eigenvalue weighted by atomic mass is 10.1. The molecule has 0 radical (unpaired) electrons. The molecule has 2 aliphatic heterocycles. The molecule has 0 unspecified atom stereocenters. The van der Waals surface area contributed by atoms with Crippen LogP contribution >= 0.6 is 11.8 Å². The van der Waals surface area contributed by atoms with Crippen LogP contribution in [0.4, 0.5) is 0 Å². The van der Waals surface area contributed by atoms with Gasteiger partial charge in [-0.05, 0) is 48.1 Å². The zero-order chi connectivity index (χ0) is 20.5. The van der Waals surface area contributed by atoms with Crippen molar-refractivity contribution in [2.24, 2.45) is 0 Å². The lowest BCUT2D eigenvalue weighted by Crippen LogP contribution is -2.40.